The molecule has 0 bridgehead atoms. The number of hydrogen-bond donors (Lipinski definition) is 1. The molecule has 0 fully saturated rings. The molecule has 1 aromatic heterocycles. The van der Waals surface area contributed by atoms with Gasteiger partial charge in [0.05, 0.1) is 16.7 Å². The Morgan fingerprint density at radius 2 is 1.70 bits per heavy atom. The summed E-state index contributed by atoms with van der Waals surface area (Å²) in [5.41, 5.74) is 1.25. The number of aromatic nitrogens is 1. The average molecular weight is 297 g/mol. The van der Waals surface area contributed by atoms with Crippen LogP contribution >= 0.6 is 11.3 Å². The number of hydrogen-bond acceptors (Lipinski definition) is 3. The Kier molecular flexibility index (Phi) is 9.94. The third kappa shape index (κ3) is 7.39. The van der Waals surface area contributed by atoms with Crippen LogP contribution in [0.2, 0.25) is 0 Å². The molecule has 0 amide bonds. The molecule has 0 aliphatic carbocycles. The Morgan fingerprint density at radius 3 is 2.25 bits per heavy atom. The second-order valence-electron chi connectivity index (χ2n) is 5.67. The fourth-order valence-electron chi connectivity index (χ4n) is 2.62. The van der Waals surface area contributed by atoms with Crippen molar-refractivity contribution in [2.24, 2.45) is 0 Å². The van der Waals surface area contributed by atoms with Gasteiger partial charge >= 0.3 is 0 Å². The van der Waals surface area contributed by atoms with Crippen LogP contribution in [0.25, 0.3) is 0 Å². The topological polar surface area (TPSA) is 24.9 Å². The van der Waals surface area contributed by atoms with Crippen molar-refractivity contribution in [1.82, 2.24) is 10.3 Å². The van der Waals surface area contributed by atoms with Gasteiger partial charge in [0.2, 0.25) is 0 Å². The van der Waals surface area contributed by atoms with Crippen molar-refractivity contribution in [3.63, 3.8) is 0 Å². The number of thiazole rings is 1. The molecular weight excluding hydrogens is 264 g/mol. The lowest BCUT2D eigenvalue weighted by molar-refractivity contribution is 0.468. The highest BCUT2D eigenvalue weighted by molar-refractivity contribution is 7.09. The second-order valence-corrected chi connectivity index (χ2v) is 6.73. The van der Waals surface area contributed by atoms with E-state index in [0.717, 1.165) is 6.54 Å². The maximum atomic E-state index is 4.63. The van der Waals surface area contributed by atoms with Crippen molar-refractivity contribution in [2.45, 2.75) is 84.6 Å². The van der Waals surface area contributed by atoms with Crippen LogP contribution in [0, 0.1) is 6.92 Å². The van der Waals surface area contributed by atoms with Gasteiger partial charge in [-0.2, -0.15) is 0 Å². The second kappa shape index (κ2) is 11.3. The van der Waals surface area contributed by atoms with E-state index in [1.54, 1.807) is 11.3 Å². The fraction of sp³-hybridized carbons (Fsp3) is 0.824. The van der Waals surface area contributed by atoms with Gasteiger partial charge in [-0.15, -0.1) is 11.3 Å². The molecule has 1 unspecified atom stereocenters. The maximum absolute atomic E-state index is 4.63. The van der Waals surface area contributed by atoms with E-state index < -0.39 is 0 Å². The first-order valence-electron chi connectivity index (χ1n) is 8.43. The third-order valence-electron chi connectivity index (χ3n) is 3.79. The van der Waals surface area contributed by atoms with Crippen LogP contribution in [-0.4, -0.2) is 11.5 Å². The number of aryl methyl sites for hydroxylation is 1. The van der Waals surface area contributed by atoms with Crippen molar-refractivity contribution in [3.8, 4) is 0 Å². The van der Waals surface area contributed by atoms with E-state index in [0.29, 0.717) is 6.04 Å². The molecule has 1 atom stereocenters. The minimum atomic E-state index is 0.463. The summed E-state index contributed by atoms with van der Waals surface area (Å²) in [6.07, 6.45) is 12.3. The summed E-state index contributed by atoms with van der Waals surface area (Å²) >= 11 is 1.76. The van der Waals surface area contributed by atoms with Crippen molar-refractivity contribution in [3.05, 3.63) is 16.1 Å². The lowest BCUT2D eigenvalue weighted by Gasteiger charge is -2.15. The van der Waals surface area contributed by atoms with Crippen LogP contribution in [0.1, 0.15) is 88.4 Å². The van der Waals surface area contributed by atoms with Crippen molar-refractivity contribution >= 4 is 11.3 Å². The van der Waals surface area contributed by atoms with Crippen LogP contribution in [0.15, 0.2) is 5.38 Å². The minimum absolute atomic E-state index is 0.463. The third-order valence-corrected chi connectivity index (χ3v) is 4.58. The largest absolute Gasteiger partial charge is 0.309 e. The lowest BCUT2D eigenvalue weighted by atomic mass is 10.0. The van der Waals surface area contributed by atoms with E-state index in [1.165, 1.54) is 68.5 Å². The molecular formula is C17H32N2S. The molecule has 116 valence electrons. The normalized spacial score (nSPS) is 12.8. The van der Waals surface area contributed by atoms with E-state index in [-0.39, 0.29) is 0 Å². The zero-order valence-corrected chi connectivity index (χ0v) is 14.4. The number of unbranched alkanes of at least 4 members (excludes halogenated alkanes) is 7. The standard InChI is InChI=1S/C17H32N2S/c1-4-6-7-8-9-10-11-12-13-16(18-5-2)17-14-20-15(3)19-17/h14,16,18H,4-13H2,1-3H3. The summed E-state index contributed by atoms with van der Waals surface area (Å²) in [6.45, 7) is 7.58. The van der Waals surface area contributed by atoms with Crippen LogP contribution < -0.4 is 5.32 Å². The predicted octanol–water partition coefficient (Wildman–Crippen LogP) is 5.63. The molecule has 1 rings (SSSR count). The Labute approximate surface area is 129 Å². The molecule has 0 aliphatic rings. The highest BCUT2D eigenvalue weighted by Gasteiger charge is 2.12. The van der Waals surface area contributed by atoms with Gasteiger partial charge in [0, 0.05) is 5.38 Å². The van der Waals surface area contributed by atoms with Gasteiger partial charge in [0.1, 0.15) is 0 Å². The molecule has 1 aromatic rings. The van der Waals surface area contributed by atoms with Gasteiger partial charge in [-0.3, -0.25) is 0 Å². The first-order chi connectivity index (χ1) is 9.77. The molecule has 0 radical (unpaired) electrons. The fourth-order valence-corrected chi connectivity index (χ4v) is 3.29. The lowest BCUT2D eigenvalue weighted by Crippen LogP contribution is -2.21. The Bertz CT molecular complexity index is 335. The number of nitrogens with zero attached hydrogens (tertiary/aromatic N) is 1. The average Bonchev–Trinajstić information content (AvgIpc) is 2.87. The van der Waals surface area contributed by atoms with E-state index in [9.17, 15) is 0 Å². The summed E-state index contributed by atoms with van der Waals surface area (Å²) in [4.78, 5) is 4.63. The van der Waals surface area contributed by atoms with E-state index in [4.69, 9.17) is 0 Å². The summed E-state index contributed by atoms with van der Waals surface area (Å²) in [7, 11) is 0. The van der Waals surface area contributed by atoms with Gasteiger partial charge in [-0.25, -0.2) is 4.98 Å². The summed E-state index contributed by atoms with van der Waals surface area (Å²) in [5.74, 6) is 0. The summed E-state index contributed by atoms with van der Waals surface area (Å²) in [5, 5.41) is 6.97. The van der Waals surface area contributed by atoms with Crippen molar-refractivity contribution < 1.29 is 0 Å². The van der Waals surface area contributed by atoms with Gasteiger partial charge in [0.25, 0.3) is 0 Å². The van der Waals surface area contributed by atoms with E-state index in [2.05, 4.69) is 36.5 Å². The van der Waals surface area contributed by atoms with E-state index >= 15 is 0 Å². The van der Waals surface area contributed by atoms with Crippen LogP contribution in [-0.2, 0) is 0 Å². The SMILES string of the molecule is CCCCCCCCCCC(NCC)c1csc(C)n1. The number of nitrogens with one attached hydrogen (secondary N) is 1. The molecule has 0 saturated heterocycles. The molecule has 0 aromatic carbocycles. The highest BCUT2D eigenvalue weighted by Crippen LogP contribution is 2.22. The molecule has 2 nitrogen and oxygen atoms in total. The first-order valence-corrected chi connectivity index (χ1v) is 9.31. The highest BCUT2D eigenvalue weighted by atomic mass is 32.1. The zero-order chi connectivity index (χ0) is 14.6. The first kappa shape index (κ1) is 17.6. The molecule has 3 heteroatoms. The molecule has 1 N–H and O–H groups in total. The number of rotatable bonds is 12. The predicted molar refractivity (Wildman–Crippen MR) is 90.5 cm³/mol. The van der Waals surface area contributed by atoms with Crippen molar-refractivity contribution in [2.75, 3.05) is 6.54 Å². The van der Waals surface area contributed by atoms with E-state index in [1.807, 2.05) is 0 Å². The smallest absolute Gasteiger partial charge is 0.0898 e. The van der Waals surface area contributed by atoms with Crippen LogP contribution in [0.3, 0.4) is 0 Å². The Hall–Kier alpha value is -0.410. The van der Waals surface area contributed by atoms with Gasteiger partial charge in [0.15, 0.2) is 0 Å². The van der Waals surface area contributed by atoms with Crippen molar-refractivity contribution in [1.29, 1.82) is 0 Å². The van der Waals surface area contributed by atoms with Gasteiger partial charge < -0.3 is 5.32 Å². The summed E-state index contributed by atoms with van der Waals surface area (Å²) < 4.78 is 0. The van der Waals surface area contributed by atoms with Crippen LogP contribution in [0.4, 0.5) is 0 Å². The zero-order valence-electron chi connectivity index (χ0n) is 13.6. The summed E-state index contributed by atoms with van der Waals surface area (Å²) in [6, 6.07) is 0.463. The molecule has 1 heterocycles. The molecule has 20 heavy (non-hydrogen) atoms. The molecule has 0 aliphatic heterocycles. The van der Waals surface area contributed by atoms with Gasteiger partial charge in [-0.1, -0.05) is 65.2 Å². The maximum Gasteiger partial charge on any atom is 0.0898 e. The quantitative estimate of drug-likeness (QED) is 0.505. The van der Waals surface area contributed by atoms with Crippen LogP contribution in [0.5, 0.6) is 0 Å². The minimum Gasteiger partial charge on any atom is -0.309 e. The monoisotopic (exact) mass is 296 g/mol. The molecule has 0 spiro atoms. The van der Waals surface area contributed by atoms with Gasteiger partial charge in [-0.05, 0) is 19.9 Å². The molecule has 0 saturated carbocycles. The Morgan fingerprint density at radius 1 is 1.05 bits per heavy atom. The Balaban J connectivity index is 2.14.